The average Bonchev–Trinajstić information content (AvgIpc) is 2.45. The molecule has 1 aromatic rings. The van der Waals surface area contributed by atoms with Gasteiger partial charge in [-0.3, -0.25) is 4.79 Å². The number of benzene rings is 1. The van der Waals surface area contributed by atoms with E-state index < -0.39 is 0 Å². The Morgan fingerprint density at radius 3 is 2.65 bits per heavy atom. The van der Waals surface area contributed by atoms with Crippen LogP contribution in [-0.4, -0.2) is 25.7 Å². The molecule has 1 aromatic carbocycles. The van der Waals surface area contributed by atoms with Crippen LogP contribution in [0.3, 0.4) is 0 Å². The summed E-state index contributed by atoms with van der Waals surface area (Å²) in [5, 5.41) is 2.99. The van der Waals surface area contributed by atoms with E-state index in [4.69, 9.17) is 9.47 Å². The molecule has 1 amide bonds. The summed E-state index contributed by atoms with van der Waals surface area (Å²) in [6.45, 7) is 8.04. The molecule has 1 aliphatic heterocycles. The predicted molar refractivity (Wildman–Crippen MR) is 78.4 cm³/mol. The first-order chi connectivity index (χ1) is 9.53. The van der Waals surface area contributed by atoms with Gasteiger partial charge < -0.3 is 14.8 Å². The fourth-order valence-corrected chi connectivity index (χ4v) is 2.20. The van der Waals surface area contributed by atoms with E-state index in [-0.39, 0.29) is 11.3 Å². The number of hydrogen-bond donors (Lipinski definition) is 1. The molecule has 4 heteroatoms. The lowest BCUT2D eigenvalue weighted by Gasteiger charge is -2.27. The van der Waals surface area contributed by atoms with Crippen molar-refractivity contribution in [3.63, 3.8) is 0 Å². The van der Waals surface area contributed by atoms with Gasteiger partial charge in [-0.25, -0.2) is 0 Å². The van der Waals surface area contributed by atoms with Gasteiger partial charge in [-0.05, 0) is 24.1 Å². The quantitative estimate of drug-likeness (QED) is 0.900. The lowest BCUT2D eigenvalue weighted by molar-refractivity contribution is -0.121. The summed E-state index contributed by atoms with van der Waals surface area (Å²) in [4.78, 5) is 11.6. The smallest absolute Gasteiger partial charge is 0.220 e. The minimum Gasteiger partial charge on any atom is -0.486 e. The third-order valence-corrected chi connectivity index (χ3v) is 3.53. The Hall–Kier alpha value is -1.71. The Bertz CT molecular complexity index is 483. The maximum Gasteiger partial charge on any atom is 0.220 e. The number of carbonyl (C=O) groups excluding carboxylic acids is 1. The van der Waals surface area contributed by atoms with Crippen LogP contribution in [0.2, 0.25) is 0 Å². The molecule has 1 aliphatic rings. The second kappa shape index (κ2) is 6.16. The largest absolute Gasteiger partial charge is 0.486 e. The number of hydrogen-bond acceptors (Lipinski definition) is 3. The average molecular weight is 277 g/mol. The normalized spacial score (nSPS) is 13.9. The Morgan fingerprint density at radius 1 is 1.25 bits per heavy atom. The SMILES string of the molecule is CCCC(=O)NCC(C)(C)c1ccc2c(c1)OCCO2. The third-order valence-electron chi connectivity index (χ3n) is 3.53. The van der Waals surface area contributed by atoms with Gasteiger partial charge in [-0.1, -0.05) is 26.8 Å². The summed E-state index contributed by atoms with van der Waals surface area (Å²) < 4.78 is 11.1. The number of nitrogens with one attached hydrogen (secondary N) is 1. The number of fused-ring (bicyclic) bond motifs is 1. The van der Waals surface area contributed by atoms with Crippen LogP contribution >= 0.6 is 0 Å². The summed E-state index contributed by atoms with van der Waals surface area (Å²) in [6.07, 6.45) is 1.45. The van der Waals surface area contributed by atoms with Gasteiger partial charge in [0.25, 0.3) is 0 Å². The molecule has 0 atom stereocenters. The highest BCUT2D eigenvalue weighted by Crippen LogP contribution is 2.34. The molecule has 0 spiro atoms. The summed E-state index contributed by atoms with van der Waals surface area (Å²) >= 11 is 0. The van der Waals surface area contributed by atoms with Crippen LogP contribution in [0.15, 0.2) is 18.2 Å². The van der Waals surface area contributed by atoms with E-state index in [1.807, 2.05) is 25.1 Å². The fourth-order valence-electron chi connectivity index (χ4n) is 2.20. The first-order valence-electron chi connectivity index (χ1n) is 7.20. The van der Waals surface area contributed by atoms with Crippen molar-refractivity contribution in [2.45, 2.75) is 39.0 Å². The van der Waals surface area contributed by atoms with E-state index in [0.29, 0.717) is 26.2 Å². The Kier molecular flexibility index (Phi) is 4.53. The zero-order chi connectivity index (χ0) is 14.6. The fraction of sp³-hybridized carbons (Fsp3) is 0.562. The minimum atomic E-state index is -0.140. The van der Waals surface area contributed by atoms with E-state index in [0.717, 1.165) is 23.5 Å². The number of amides is 1. The van der Waals surface area contributed by atoms with E-state index in [1.165, 1.54) is 0 Å². The van der Waals surface area contributed by atoms with Crippen LogP contribution in [-0.2, 0) is 10.2 Å². The Labute approximate surface area is 120 Å². The first-order valence-corrected chi connectivity index (χ1v) is 7.20. The van der Waals surface area contributed by atoms with Gasteiger partial charge in [-0.15, -0.1) is 0 Å². The molecule has 4 nitrogen and oxygen atoms in total. The van der Waals surface area contributed by atoms with Crippen LogP contribution in [0.1, 0.15) is 39.2 Å². The molecule has 0 fully saturated rings. The van der Waals surface area contributed by atoms with Gasteiger partial charge in [0.1, 0.15) is 13.2 Å². The molecule has 0 radical (unpaired) electrons. The van der Waals surface area contributed by atoms with Crippen LogP contribution in [0.4, 0.5) is 0 Å². The topological polar surface area (TPSA) is 47.6 Å². The van der Waals surface area contributed by atoms with Crippen LogP contribution in [0, 0.1) is 0 Å². The zero-order valence-corrected chi connectivity index (χ0v) is 12.5. The van der Waals surface area contributed by atoms with Crippen molar-refractivity contribution in [3.05, 3.63) is 23.8 Å². The number of carbonyl (C=O) groups is 1. The molecule has 0 saturated carbocycles. The molecule has 0 unspecified atom stereocenters. The van der Waals surface area contributed by atoms with Crippen molar-refractivity contribution in [1.29, 1.82) is 0 Å². The van der Waals surface area contributed by atoms with Crippen molar-refractivity contribution in [1.82, 2.24) is 5.32 Å². The summed E-state index contributed by atoms with van der Waals surface area (Å²) in [5.41, 5.74) is 0.998. The molecule has 1 heterocycles. The van der Waals surface area contributed by atoms with Crippen molar-refractivity contribution in [2.24, 2.45) is 0 Å². The molecule has 110 valence electrons. The number of rotatable bonds is 5. The molecular weight excluding hydrogens is 254 g/mol. The molecule has 0 aromatic heterocycles. The summed E-state index contributed by atoms with van der Waals surface area (Å²) in [6, 6.07) is 6.00. The molecular formula is C16H23NO3. The van der Waals surface area contributed by atoms with Crippen molar-refractivity contribution >= 4 is 5.91 Å². The lowest BCUT2D eigenvalue weighted by Crippen LogP contribution is -2.36. The van der Waals surface area contributed by atoms with Gasteiger partial charge in [0.2, 0.25) is 5.91 Å². The standard InChI is InChI=1S/C16H23NO3/c1-4-5-15(18)17-11-16(2,3)12-6-7-13-14(10-12)20-9-8-19-13/h6-7,10H,4-5,8-9,11H2,1-3H3,(H,17,18). The Morgan fingerprint density at radius 2 is 1.95 bits per heavy atom. The third kappa shape index (κ3) is 3.44. The van der Waals surface area contributed by atoms with Gasteiger partial charge >= 0.3 is 0 Å². The molecule has 1 N–H and O–H groups in total. The highest BCUT2D eigenvalue weighted by molar-refractivity contribution is 5.75. The van der Waals surface area contributed by atoms with Gasteiger partial charge in [0.05, 0.1) is 0 Å². The van der Waals surface area contributed by atoms with Gasteiger partial charge in [0, 0.05) is 18.4 Å². The zero-order valence-electron chi connectivity index (χ0n) is 12.5. The molecule has 0 saturated heterocycles. The van der Waals surface area contributed by atoms with Crippen molar-refractivity contribution < 1.29 is 14.3 Å². The van der Waals surface area contributed by atoms with Gasteiger partial charge in [-0.2, -0.15) is 0 Å². The van der Waals surface area contributed by atoms with Crippen LogP contribution in [0.25, 0.3) is 0 Å². The summed E-state index contributed by atoms with van der Waals surface area (Å²) in [7, 11) is 0. The molecule has 0 bridgehead atoms. The van der Waals surface area contributed by atoms with E-state index in [2.05, 4.69) is 19.2 Å². The Balaban J connectivity index is 2.06. The highest BCUT2D eigenvalue weighted by atomic mass is 16.6. The lowest BCUT2D eigenvalue weighted by atomic mass is 9.84. The predicted octanol–water partition coefficient (Wildman–Crippen LogP) is 2.65. The van der Waals surface area contributed by atoms with Crippen molar-refractivity contribution in [2.75, 3.05) is 19.8 Å². The molecule has 0 aliphatic carbocycles. The van der Waals surface area contributed by atoms with Gasteiger partial charge in [0.15, 0.2) is 11.5 Å². The van der Waals surface area contributed by atoms with E-state index in [1.54, 1.807) is 0 Å². The van der Waals surface area contributed by atoms with Crippen LogP contribution in [0.5, 0.6) is 11.5 Å². The second-order valence-electron chi connectivity index (χ2n) is 5.77. The number of ether oxygens (including phenoxy) is 2. The monoisotopic (exact) mass is 277 g/mol. The molecule has 2 rings (SSSR count). The van der Waals surface area contributed by atoms with Crippen molar-refractivity contribution in [3.8, 4) is 11.5 Å². The van der Waals surface area contributed by atoms with E-state index >= 15 is 0 Å². The van der Waals surface area contributed by atoms with Crippen LogP contribution < -0.4 is 14.8 Å². The summed E-state index contributed by atoms with van der Waals surface area (Å²) in [5.74, 6) is 1.70. The van der Waals surface area contributed by atoms with E-state index in [9.17, 15) is 4.79 Å². The minimum absolute atomic E-state index is 0.109. The highest BCUT2D eigenvalue weighted by Gasteiger charge is 2.24. The first kappa shape index (κ1) is 14.7. The second-order valence-corrected chi connectivity index (χ2v) is 5.77. The maximum atomic E-state index is 11.6. The molecule has 20 heavy (non-hydrogen) atoms. The maximum absolute atomic E-state index is 11.6.